The van der Waals surface area contributed by atoms with Crippen molar-refractivity contribution in [3.05, 3.63) is 54.4 Å². The standard InChI is InChI=1S/C19H22N6O/c1-14-11-22-24(13-14)10-6-18(26)25-9-2-3-17(25)19-16(12-21-23-19)15-4-7-20-8-5-15/h4-5,7-8,11-13,17H,2-3,6,9-10H2,1H3,(H,21,23). The minimum absolute atomic E-state index is 0.0486. The Morgan fingerprint density at radius 1 is 1.31 bits per heavy atom. The third-order valence-electron chi connectivity index (χ3n) is 4.88. The third-order valence-corrected chi connectivity index (χ3v) is 4.88. The molecule has 1 aliphatic heterocycles. The van der Waals surface area contributed by atoms with E-state index in [0.717, 1.165) is 41.8 Å². The maximum atomic E-state index is 12.8. The summed E-state index contributed by atoms with van der Waals surface area (Å²) in [5.41, 5.74) is 4.22. The Balaban J connectivity index is 1.50. The van der Waals surface area contributed by atoms with Gasteiger partial charge in [-0.2, -0.15) is 10.2 Å². The number of aromatic nitrogens is 5. The van der Waals surface area contributed by atoms with Crippen LogP contribution in [-0.4, -0.2) is 42.3 Å². The second kappa shape index (κ2) is 7.11. The molecule has 4 heterocycles. The first-order valence-corrected chi connectivity index (χ1v) is 8.94. The highest BCUT2D eigenvalue weighted by molar-refractivity contribution is 5.77. The molecule has 0 radical (unpaired) electrons. The molecular formula is C19H22N6O. The van der Waals surface area contributed by atoms with Gasteiger partial charge in [0.2, 0.25) is 5.91 Å². The second-order valence-electron chi connectivity index (χ2n) is 6.71. The fraction of sp³-hybridized carbons (Fsp3) is 0.368. The number of hydrogen-bond acceptors (Lipinski definition) is 4. The van der Waals surface area contributed by atoms with Gasteiger partial charge in [-0.15, -0.1) is 0 Å². The number of likely N-dealkylation sites (tertiary alicyclic amines) is 1. The molecule has 1 N–H and O–H groups in total. The summed E-state index contributed by atoms with van der Waals surface area (Å²) in [5, 5.41) is 11.6. The second-order valence-corrected chi connectivity index (χ2v) is 6.71. The van der Waals surface area contributed by atoms with Crippen LogP contribution in [0.15, 0.2) is 43.1 Å². The van der Waals surface area contributed by atoms with Crippen molar-refractivity contribution in [2.24, 2.45) is 0 Å². The molecule has 3 aromatic heterocycles. The number of carbonyl (C=O) groups is 1. The molecule has 134 valence electrons. The van der Waals surface area contributed by atoms with Gasteiger partial charge in [0.15, 0.2) is 0 Å². The summed E-state index contributed by atoms with van der Waals surface area (Å²) in [7, 11) is 0. The first kappa shape index (κ1) is 16.5. The van der Waals surface area contributed by atoms with Gasteiger partial charge < -0.3 is 4.90 Å². The number of amides is 1. The Hall–Kier alpha value is -2.96. The zero-order valence-corrected chi connectivity index (χ0v) is 14.8. The van der Waals surface area contributed by atoms with Gasteiger partial charge in [-0.05, 0) is 43.0 Å². The number of H-pyrrole nitrogens is 1. The lowest BCUT2D eigenvalue weighted by Crippen LogP contribution is -2.31. The highest BCUT2D eigenvalue weighted by atomic mass is 16.2. The van der Waals surface area contributed by atoms with E-state index in [1.54, 1.807) is 12.4 Å². The first-order valence-electron chi connectivity index (χ1n) is 8.94. The average Bonchev–Trinajstić information content (AvgIpc) is 3.40. The minimum atomic E-state index is 0.0486. The summed E-state index contributed by atoms with van der Waals surface area (Å²) < 4.78 is 1.83. The van der Waals surface area contributed by atoms with Crippen LogP contribution in [0.3, 0.4) is 0 Å². The third kappa shape index (κ3) is 3.24. The van der Waals surface area contributed by atoms with Gasteiger partial charge >= 0.3 is 0 Å². The van der Waals surface area contributed by atoms with Gasteiger partial charge in [0.1, 0.15) is 0 Å². The maximum Gasteiger partial charge on any atom is 0.224 e. The van der Waals surface area contributed by atoms with Crippen LogP contribution in [0.4, 0.5) is 0 Å². The minimum Gasteiger partial charge on any atom is -0.334 e. The number of hydrogen-bond donors (Lipinski definition) is 1. The molecule has 0 aromatic carbocycles. The van der Waals surface area contributed by atoms with Crippen LogP contribution in [0.1, 0.15) is 36.6 Å². The van der Waals surface area contributed by atoms with Gasteiger partial charge in [0.25, 0.3) is 0 Å². The molecule has 0 spiro atoms. The Labute approximate surface area is 152 Å². The topological polar surface area (TPSA) is 79.7 Å². The van der Waals surface area contributed by atoms with Crippen molar-refractivity contribution < 1.29 is 4.79 Å². The Bertz CT molecular complexity index is 884. The Morgan fingerprint density at radius 3 is 2.92 bits per heavy atom. The van der Waals surface area contributed by atoms with Gasteiger partial charge in [-0.1, -0.05) is 0 Å². The SMILES string of the molecule is Cc1cnn(CCC(=O)N2CCCC2c2[nH]ncc2-c2ccncc2)c1. The van der Waals surface area contributed by atoms with E-state index in [2.05, 4.69) is 20.3 Å². The number of pyridine rings is 1. The summed E-state index contributed by atoms with van der Waals surface area (Å²) in [5.74, 6) is 0.163. The van der Waals surface area contributed by atoms with Crippen molar-refractivity contribution in [2.45, 2.75) is 38.8 Å². The predicted molar refractivity (Wildman–Crippen MR) is 97.1 cm³/mol. The number of aromatic amines is 1. The van der Waals surface area contributed by atoms with E-state index in [0.29, 0.717) is 13.0 Å². The molecule has 1 aliphatic rings. The van der Waals surface area contributed by atoms with Crippen LogP contribution in [-0.2, 0) is 11.3 Å². The van der Waals surface area contributed by atoms with Crippen molar-refractivity contribution in [2.75, 3.05) is 6.54 Å². The molecule has 1 amide bonds. The van der Waals surface area contributed by atoms with Crippen LogP contribution >= 0.6 is 0 Å². The van der Waals surface area contributed by atoms with E-state index in [1.807, 2.05) is 47.2 Å². The lowest BCUT2D eigenvalue weighted by molar-refractivity contribution is -0.132. The van der Waals surface area contributed by atoms with Crippen LogP contribution in [0.5, 0.6) is 0 Å². The van der Waals surface area contributed by atoms with Crippen LogP contribution in [0, 0.1) is 6.92 Å². The highest BCUT2D eigenvalue weighted by Gasteiger charge is 2.32. The summed E-state index contributed by atoms with van der Waals surface area (Å²) in [6, 6.07) is 3.98. The van der Waals surface area contributed by atoms with Gasteiger partial charge in [-0.3, -0.25) is 19.6 Å². The molecular weight excluding hydrogens is 328 g/mol. The fourth-order valence-corrected chi connectivity index (χ4v) is 3.62. The highest BCUT2D eigenvalue weighted by Crippen LogP contribution is 2.36. The zero-order chi connectivity index (χ0) is 17.9. The van der Waals surface area contributed by atoms with Gasteiger partial charge in [-0.25, -0.2) is 0 Å². The summed E-state index contributed by atoms with van der Waals surface area (Å²) in [6.07, 6.45) is 11.6. The number of rotatable bonds is 5. The van der Waals surface area contributed by atoms with E-state index in [-0.39, 0.29) is 11.9 Å². The predicted octanol–water partition coefficient (Wildman–Crippen LogP) is 2.73. The molecule has 0 saturated carbocycles. The molecule has 1 unspecified atom stereocenters. The van der Waals surface area contributed by atoms with E-state index in [9.17, 15) is 4.79 Å². The summed E-state index contributed by atoms with van der Waals surface area (Å²) >= 11 is 0. The van der Waals surface area contributed by atoms with Crippen molar-refractivity contribution in [1.29, 1.82) is 0 Å². The van der Waals surface area contributed by atoms with Gasteiger partial charge in [0, 0.05) is 43.7 Å². The van der Waals surface area contributed by atoms with E-state index in [1.165, 1.54) is 0 Å². The molecule has 7 heteroatoms. The smallest absolute Gasteiger partial charge is 0.224 e. The Kier molecular flexibility index (Phi) is 4.51. The van der Waals surface area contributed by atoms with E-state index in [4.69, 9.17) is 0 Å². The molecule has 4 rings (SSSR count). The number of nitrogens with zero attached hydrogens (tertiary/aromatic N) is 5. The number of carbonyl (C=O) groups excluding carboxylic acids is 1. The maximum absolute atomic E-state index is 12.8. The van der Waals surface area contributed by atoms with Crippen molar-refractivity contribution >= 4 is 5.91 Å². The molecule has 0 bridgehead atoms. The fourth-order valence-electron chi connectivity index (χ4n) is 3.62. The normalized spacial score (nSPS) is 17.0. The largest absolute Gasteiger partial charge is 0.334 e. The molecule has 7 nitrogen and oxygen atoms in total. The molecule has 1 fully saturated rings. The van der Waals surface area contributed by atoms with E-state index < -0.39 is 0 Å². The lowest BCUT2D eigenvalue weighted by atomic mass is 10.0. The van der Waals surface area contributed by atoms with Crippen molar-refractivity contribution in [1.82, 2.24) is 29.9 Å². The van der Waals surface area contributed by atoms with Crippen LogP contribution in [0.2, 0.25) is 0 Å². The van der Waals surface area contributed by atoms with Crippen molar-refractivity contribution in [3.8, 4) is 11.1 Å². The molecule has 3 aromatic rings. The molecule has 1 atom stereocenters. The van der Waals surface area contributed by atoms with Gasteiger partial charge in [0.05, 0.1) is 24.1 Å². The summed E-state index contributed by atoms with van der Waals surface area (Å²) in [6.45, 7) is 3.40. The summed E-state index contributed by atoms with van der Waals surface area (Å²) in [4.78, 5) is 18.9. The monoisotopic (exact) mass is 350 g/mol. The van der Waals surface area contributed by atoms with Crippen molar-refractivity contribution in [3.63, 3.8) is 0 Å². The number of aryl methyl sites for hydroxylation is 2. The van der Waals surface area contributed by atoms with Crippen LogP contribution in [0.25, 0.3) is 11.1 Å². The van der Waals surface area contributed by atoms with E-state index >= 15 is 0 Å². The lowest BCUT2D eigenvalue weighted by Gasteiger charge is -2.25. The molecule has 26 heavy (non-hydrogen) atoms. The quantitative estimate of drug-likeness (QED) is 0.767. The zero-order valence-electron chi connectivity index (χ0n) is 14.8. The number of nitrogens with one attached hydrogen (secondary N) is 1. The average molecular weight is 350 g/mol. The van der Waals surface area contributed by atoms with Crippen LogP contribution < -0.4 is 0 Å². The molecule has 0 aliphatic carbocycles. The molecule has 1 saturated heterocycles. The first-order chi connectivity index (χ1) is 12.7. The Morgan fingerprint density at radius 2 is 2.15 bits per heavy atom.